The van der Waals surface area contributed by atoms with Crippen molar-refractivity contribution in [3.63, 3.8) is 0 Å². The molecule has 6 heteroatoms. The third-order valence-corrected chi connectivity index (χ3v) is 1.85. The molecule has 1 aliphatic heterocycles. The fourth-order valence-electron chi connectivity index (χ4n) is 1.29. The van der Waals surface area contributed by atoms with Crippen LogP contribution in [0.3, 0.4) is 0 Å². The molecule has 0 spiro atoms. The van der Waals surface area contributed by atoms with Gasteiger partial charge in [-0.1, -0.05) is 0 Å². The molecule has 0 aromatic carbocycles. The van der Waals surface area contributed by atoms with Crippen LogP contribution < -0.4 is 5.73 Å². The van der Waals surface area contributed by atoms with Crippen molar-refractivity contribution in [2.24, 2.45) is 5.73 Å². The van der Waals surface area contributed by atoms with Gasteiger partial charge in [0.1, 0.15) is 6.04 Å². The number of β-amino-alcohol motifs (C(OH)–C–C–N with tert-alkyl or cyclic N) is 1. The second-order valence-corrected chi connectivity index (χ2v) is 2.74. The Morgan fingerprint density at radius 3 is 2.42 bits per heavy atom. The lowest BCUT2D eigenvalue weighted by molar-refractivity contribution is -0.121. The molecule has 0 bridgehead atoms. The normalized spacial score (nSPS) is 28.9. The van der Waals surface area contributed by atoms with Crippen molar-refractivity contribution in [3.05, 3.63) is 0 Å². The van der Waals surface area contributed by atoms with Crippen LogP contribution in [0.5, 0.6) is 0 Å². The second-order valence-electron chi connectivity index (χ2n) is 2.74. The van der Waals surface area contributed by atoms with E-state index >= 15 is 0 Å². The lowest BCUT2D eigenvalue weighted by Crippen LogP contribution is -2.43. The first kappa shape index (κ1) is 8.79. The molecule has 6 nitrogen and oxygen atoms in total. The Balaban J connectivity index is 2.72. The molecule has 1 heterocycles. The first-order valence-corrected chi connectivity index (χ1v) is 3.49. The van der Waals surface area contributed by atoms with Gasteiger partial charge in [-0.05, 0) is 0 Å². The van der Waals surface area contributed by atoms with Crippen molar-refractivity contribution in [3.8, 4) is 0 Å². The Morgan fingerprint density at radius 2 is 2.08 bits per heavy atom. The summed E-state index contributed by atoms with van der Waals surface area (Å²) >= 11 is 0. The van der Waals surface area contributed by atoms with E-state index in [2.05, 4.69) is 0 Å². The summed E-state index contributed by atoms with van der Waals surface area (Å²) in [4.78, 5) is 22.0. The number of aliphatic hydroxyl groups excluding tert-OH is 1. The summed E-state index contributed by atoms with van der Waals surface area (Å²) in [5.74, 6) is -0.714. The number of carbonyl (C=O) groups is 2. The molecule has 0 aromatic rings. The highest BCUT2D eigenvalue weighted by molar-refractivity contribution is 5.84. The molecular formula is C6H10N2O4. The molecule has 0 radical (unpaired) electrons. The molecule has 1 aliphatic rings. The zero-order valence-corrected chi connectivity index (χ0v) is 6.30. The summed E-state index contributed by atoms with van der Waals surface area (Å²) in [6, 6.07) is -0.877. The van der Waals surface area contributed by atoms with E-state index in [0.29, 0.717) is 0 Å². The number of carbonyl (C=O) groups excluding carboxylic acids is 1. The standard InChI is InChI=1S/C6H10N2O4/c7-5(10)4-1-3(9)2-8(4)6(11)12/h3-4,9H,1-2H2,(H2,7,10)(H,11,12)/t3-,4+/m1/s1. The van der Waals surface area contributed by atoms with Gasteiger partial charge in [0.2, 0.25) is 5.91 Å². The zero-order chi connectivity index (χ0) is 9.30. The van der Waals surface area contributed by atoms with Crippen molar-refractivity contribution >= 4 is 12.0 Å². The minimum atomic E-state index is -1.23. The van der Waals surface area contributed by atoms with Gasteiger partial charge in [0, 0.05) is 6.42 Å². The maximum absolute atomic E-state index is 10.7. The van der Waals surface area contributed by atoms with Crippen LogP contribution >= 0.6 is 0 Å². The molecule has 0 saturated carbocycles. The Labute approximate surface area is 68.6 Å². The SMILES string of the molecule is NC(=O)[C@@H]1C[C@@H](O)CN1C(=O)O. The molecule has 12 heavy (non-hydrogen) atoms. The number of amides is 2. The molecule has 0 aliphatic carbocycles. The summed E-state index contributed by atoms with van der Waals surface area (Å²) in [5.41, 5.74) is 4.93. The highest BCUT2D eigenvalue weighted by Crippen LogP contribution is 2.17. The fourth-order valence-corrected chi connectivity index (χ4v) is 1.29. The maximum Gasteiger partial charge on any atom is 0.408 e. The summed E-state index contributed by atoms with van der Waals surface area (Å²) < 4.78 is 0. The molecule has 68 valence electrons. The first-order chi connectivity index (χ1) is 5.52. The van der Waals surface area contributed by atoms with E-state index in [4.69, 9.17) is 15.9 Å². The van der Waals surface area contributed by atoms with Crippen molar-refractivity contribution < 1.29 is 19.8 Å². The highest BCUT2D eigenvalue weighted by Gasteiger charge is 2.37. The third kappa shape index (κ3) is 1.48. The lowest BCUT2D eigenvalue weighted by atomic mass is 10.2. The van der Waals surface area contributed by atoms with E-state index < -0.39 is 24.1 Å². The Hall–Kier alpha value is -1.30. The molecular weight excluding hydrogens is 164 g/mol. The van der Waals surface area contributed by atoms with E-state index in [1.165, 1.54) is 0 Å². The average Bonchev–Trinajstić information content (AvgIpc) is 2.31. The fraction of sp³-hybridized carbons (Fsp3) is 0.667. The monoisotopic (exact) mass is 174 g/mol. The van der Waals surface area contributed by atoms with Crippen LogP contribution in [0.1, 0.15) is 6.42 Å². The lowest BCUT2D eigenvalue weighted by Gasteiger charge is -2.17. The minimum absolute atomic E-state index is 0.0387. The van der Waals surface area contributed by atoms with Crippen molar-refractivity contribution in [2.45, 2.75) is 18.6 Å². The minimum Gasteiger partial charge on any atom is -0.465 e. The molecule has 2 atom stereocenters. The van der Waals surface area contributed by atoms with Gasteiger partial charge in [-0.3, -0.25) is 9.69 Å². The molecule has 1 rings (SSSR count). The van der Waals surface area contributed by atoms with Gasteiger partial charge in [0.15, 0.2) is 0 Å². The maximum atomic E-state index is 10.7. The summed E-state index contributed by atoms with van der Waals surface area (Å²) in [6.07, 6.45) is -1.91. The molecule has 0 aromatic heterocycles. The Morgan fingerprint density at radius 1 is 1.50 bits per heavy atom. The van der Waals surface area contributed by atoms with E-state index in [-0.39, 0.29) is 13.0 Å². The molecule has 1 fully saturated rings. The van der Waals surface area contributed by atoms with E-state index in [0.717, 1.165) is 4.90 Å². The largest absolute Gasteiger partial charge is 0.465 e. The molecule has 0 unspecified atom stereocenters. The van der Waals surface area contributed by atoms with Gasteiger partial charge in [0.25, 0.3) is 0 Å². The van der Waals surface area contributed by atoms with E-state index in [1.54, 1.807) is 0 Å². The number of nitrogens with two attached hydrogens (primary N) is 1. The van der Waals surface area contributed by atoms with Gasteiger partial charge in [-0.2, -0.15) is 0 Å². The molecule has 2 amide bonds. The number of hydrogen-bond acceptors (Lipinski definition) is 3. The summed E-state index contributed by atoms with van der Waals surface area (Å²) in [6.45, 7) is -0.0387. The van der Waals surface area contributed by atoms with Crippen molar-refractivity contribution in [1.29, 1.82) is 0 Å². The Kier molecular flexibility index (Phi) is 2.18. The van der Waals surface area contributed by atoms with Crippen LogP contribution in [0.2, 0.25) is 0 Å². The first-order valence-electron chi connectivity index (χ1n) is 3.49. The van der Waals surface area contributed by atoms with E-state index in [9.17, 15) is 9.59 Å². The Bertz CT molecular complexity index is 196. The van der Waals surface area contributed by atoms with Gasteiger partial charge < -0.3 is 15.9 Å². The van der Waals surface area contributed by atoms with Crippen molar-refractivity contribution in [1.82, 2.24) is 4.90 Å². The summed E-state index contributed by atoms with van der Waals surface area (Å²) in [7, 11) is 0. The topological polar surface area (TPSA) is 104 Å². The number of primary amides is 1. The van der Waals surface area contributed by atoms with Gasteiger partial charge in [-0.15, -0.1) is 0 Å². The predicted octanol–water partition coefficient (Wildman–Crippen LogP) is -1.42. The number of rotatable bonds is 1. The number of hydrogen-bond donors (Lipinski definition) is 3. The van der Waals surface area contributed by atoms with Crippen molar-refractivity contribution in [2.75, 3.05) is 6.54 Å². The average molecular weight is 174 g/mol. The zero-order valence-electron chi connectivity index (χ0n) is 6.30. The van der Waals surface area contributed by atoms with Crippen LogP contribution in [0.4, 0.5) is 4.79 Å². The highest BCUT2D eigenvalue weighted by atomic mass is 16.4. The number of likely N-dealkylation sites (tertiary alicyclic amines) is 1. The van der Waals surface area contributed by atoms with Gasteiger partial charge in [0.05, 0.1) is 12.6 Å². The summed E-state index contributed by atoms with van der Waals surface area (Å²) in [5, 5.41) is 17.6. The predicted molar refractivity (Wildman–Crippen MR) is 38.3 cm³/mol. The van der Waals surface area contributed by atoms with Crippen LogP contribution in [0.15, 0.2) is 0 Å². The molecule has 4 N–H and O–H groups in total. The van der Waals surface area contributed by atoms with Crippen LogP contribution in [0.25, 0.3) is 0 Å². The van der Waals surface area contributed by atoms with Gasteiger partial charge in [-0.25, -0.2) is 4.79 Å². The van der Waals surface area contributed by atoms with Gasteiger partial charge >= 0.3 is 6.09 Å². The van der Waals surface area contributed by atoms with Crippen LogP contribution in [-0.2, 0) is 4.79 Å². The van der Waals surface area contributed by atoms with E-state index in [1.807, 2.05) is 0 Å². The quantitative estimate of drug-likeness (QED) is 0.454. The number of carboxylic acid groups (broad SMARTS) is 1. The smallest absolute Gasteiger partial charge is 0.408 e. The third-order valence-electron chi connectivity index (χ3n) is 1.85. The molecule has 1 saturated heterocycles. The van der Waals surface area contributed by atoms with Crippen LogP contribution in [-0.4, -0.2) is 45.8 Å². The number of aliphatic hydroxyl groups is 1. The van der Waals surface area contributed by atoms with Crippen LogP contribution in [0, 0.1) is 0 Å². The second kappa shape index (κ2) is 2.98. The number of nitrogens with zero attached hydrogens (tertiary/aromatic N) is 1.